The van der Waals surface area contributed by atoms with Gasteiger partial charge in [0, 0.05) is 16.6 Å². The first kappa shape index (κ1) is 10.7. The number of pyridine rings is 1. The van der Waals surface area contributed by atoms with Crippen LogP contribution in [0.5, 0.6) is 0 Å². The molecule has 5 heteroatoms. The van der Waals surface area contributed by atoms with E-state index in [2.05, 4.69) is 23.8 Å². The van der Waals surface area contributed by atoms with Gasteiger partial charge >= 0.3 is 0 Å². The summed E-state index contributed by atoms with van der Waals surface area (Å²) < 4.78 is 0. The molecule has 0 aliphatic heterocycles. The van der Waals surface area contributed by atoms with Crippen molar-refractivity contribution >= 4 is 38.0 Å². The van der Waals surface area contributed by atoms with Gasteiger partial charge in [0.2, 0.25) is 0 Å². The molecule has 0 unspecified atom stereocenters. The average Bonchev–Trinajstić information content (AvgIpc) is 2.81. The van der Waals surface area contributed by atoms with E-state index in [9.17, 15) is 0 Å². The Bertz CT molecular complexity index is 664. The number of aryl methyl sites for hydroxylation is 1. The highest BCUT2D eigenvalue weighted by atomic mass is 32.1. The minimum absolute atomic E-state index is 0.846. The molecule has 0 radical (unpaired) electrons. The molecule has 2 N–H and O–H groups in total. The third-order valence-electron chi connectivity index (χ3n) is 2.79. The van der Waals surface area contributed by atoms with Crippen LogP contribution >= 0.6 is 22.7 Å². The van der Waals surface area contributed by atoms with E-state index in [1.54, 1.807) is 28.9 Å². The molecule has 3 heterocycles. The zero-order chi connectivity index (χ0) is 12.0. The maximum absolute atomic E-state index is 6.06. The molecule has 0 bridgehead atoms. The fraction of sp³-hybridized carbons (Fsp3) is 0.167. The van der Waals surface area contributed by atoms with Gasteiger partial charge in [-0.3, -0.25) is 0 Å². The molecule has 3 aromatic rings. The predicted octanol–water partition coefficient (Wildman–Crippen LogP) is 3.62. The number of anilines is 1. The van der Waals surface area contributed by atoms with E-state index >= 15 is 0 Å². The van der Waals surface area contributed by atoms with Gasteiger partial charge in [-0.15, -0.1) is 11.3 Å². The minimum Gasteiger partial charge on any atom is -0.390 e. The van der Waals surface area contributed by atoms with Crippen LogP contribution in [0.15, 0.2) is 18.3 Å². The number of nitrogen functional groups attached to an aromatic ring is 1. The summed E-state index contributed by atoms with van der Waals surface area (Å²) >= 11 is 3.22. The third kappa shape index (κ3) is 1.62. The van der Waals surface area contributed by atoms with E-state index in [0.717, 1.165) is 25.9 Å². The van der Waals surface area contributed by atoms with Gasteiger partial charge in [0.25, 0.3) is 0 Å². The van der Waals surface area contributed by atoms with Crippen LogP contribution in [0.25, 0.3) is 20.9 Å². The maximum Gasteiger partial charge on any atom is 0.143 e. The van der Waals surface area contributed by atoms with E-state index in [1.807, 2.05) is 12.1 Å². The molecule has 0 atom stereocenters. The van der Waals surface area contributed by atoms with Gasteiger partial charge in [0.1, 0.15) is 15.4 Å². The number of hydrogen-bond acceptors (Lipinski definition) is 5. The summed E-state index contributed by atoms with van der Waals surface area (Å²) in [7, 11) is 0. The molecular formula is C12H11N3S2. The lowest BCUT2D eigenvalue weighted by atomic mass is 10.2. The second kappa shape index (κ2) is 3.78. The molecule has 0 amide bonds. The second-order valence-corrected chi connectivity index (χ2v) is 6.10. The van der Waals surface area contributed by atoms with Gasteiger partial charge in [0.15, 0.2) is 0 Å². The monoisotopic (exact) mass is 261 g/mol. The van der Waals surface area contributed by atoms with Crippen molar-refractivity contribution in [3.05, 3.63) is 28.8 Å². The molecule has 0 aromatic carbocycles. The van der Waals surface area contributed by atoms with E-state index in [1.165, 1.54) is 10.4 Å². The highest BCUT2D eigenvalue weighted by Gasteiger charge is 2.16. The van der Waals surface area contributed by atoms with E-state index in [0.29, 0.717) is 0 Å². The third-order valence-corrected chi connectivity index (χ3v) is 4.83. The van der Waals surface area contributed by atoms with Crippen LogP contribution in [0, 0.1) is 13.8 Å². The van der Waals surface area contributed by atoms with Crippen LogP contribution in [-0.4, -0.2) is 9.97 Å². The zero-order valence-electron chi connectivity index (χ0n) is 9.52. The summed E-state index contributed by atoms with van der Waals surface area (Å²) in [5.41, 5.74) is 9.31. The first-order valence-electron chi connectivity index (χ1n) is 5.24. The summed E-state index contributed by atoms with van der Waals surface area (Å²) in [5, 5.41) is 1.82. The number of thiophene rings is 1. The highest BCUT2D eigenvalue weighted by molar-refractivity contribution is 7.22. The van der Waals surface area contributed by atoms with E-state index in [-0.39, 0.29) is 0 Å². The standard InChI is InChI=1S/C12H11N3S2/c1-6-7(2)16-10(13)9(6)12-15-8-4-3-5-14-11(8)17-12/h3-5H,13H2,1-2H3. The summed E-state index contributed by atoms with van der Waals surface area (Å²) in [6.45, 7) is 4.18. The van der Waals surface area contributed by atoms with Crippen molar-refractivity contribution in [1.29, 1.82) is 0 Å². The summed E-state index contributed by atoms with van der Waals surface area (Å²) in [5.74, 6) is 0. The normalized spacial score (nSPS) is 11.2. The largest absolute Gasteiger partial charge is 0.390 e. The Morgan fingerprint density at radius 2 is 2.06 bits per heavy atom. The van der Waals surface area contributed by atoms with Crippen LogP contribution in [0.3, 0.4) is 0 Å². The number of nitrogens with zero attached hydrogens (tertiary/aromatic N) is 2. The van der Waals surface area contributed by atoms with Crippen molar-refractivity contribution < 1.29 is 0 Å². The van der Waals surface area contributed by atoms with Crippen molar-refractivity contribution in [2.45, 2.75) is 13.8 Å². The van der Waals surface area contributed by atoms with Crippen molar-refractivity contribution in [1.82, 2.24) is 9.97 Å². The molecule has 0 aliphatic rings. The highest BCUT2D eigenvalue weighted by Crippen LogP contribution is 2.40. The Hall–Kier alpha value is -1.46. The Labute approximate surface area is 107 Å². The minimum atomic E-state index is 0.846. The number of aromatic nitrogens is 2. The number of fused-ring (bicyclic) bond motifs is 1. The smallest absolute Gasteiger partial charge is 0.143 e. The average molecular weight is 261 g/mol. The lowest BCUT2D eigenvalue weighted by Gasteiger charge is -1.96. The Balaban J connectivity index is 2.27. The molecule has 3 aromatic heterocycles. The van der Waals surface area contributed by atoms with Crippen LogP contribution in [-0.2, 0) is 0 Å². The molecule has 3 nitrogen and oxygen atoms in total. The Morgan fingerprint density at radius 1 is 1.24 bits per heavy atom. The van der Waals surface area contributed by atoms with Gasteiger partial charge in [-0.1, -0.05) is 11.3 Å². The molecule has 0 fully saturated rings. The summed E-state index contributed by atoms with van der Waals surface area (Å²) in [4.78, 5) is 11.1. The van der Waals surface area contributed by atoms with Crippen LogP contribution < -0.4 is 5.73 Å². The fourth-order valence-electron chi connectivity index (χ4n) is 1.80. The first-order valence-corrected chi connectivity index (χ1v) is 6.87. The van der Waals surface area contributed by atoms with E-state index in [4.69, 9.17) is 5.73 Å². The van der Waals surface area contributed by atoms with E-state index < -0.39 is 0 Å². The van der Waals surface area contributed by atoms with Gasteiger partial charge in [-0.25, -0.2) is 9.97 Å². The summed E-state index contributed by atoms with van der Waals surface area (Å²) in [6, 6.07) is 3.88. The molecular weight excluding hydrogens is 250 g/mol. The number of nitrogens with two attached hydrogens (primary N) is 1. The van der Waals surface area contributed by atoms with Crippen molar-refractivity contribution in [2.24, 2.45) is 0 Å². The quantitative estimate of drug-likeness (QED) is 0.728. The summed E-state index contributed by atoms with van der Waals surface area (Å²) in [6.07, 6.45) is 1.79. The first-order chi connectivity index (χ1) is 8.16. The number of rotatable bonds is 1. The van der Waals surface area contributed by atoms with Crippen LogP contribution in [0.2, 0.25) is 0 Å². The molecule has 3 rings (SSSR count). The molecule has 0 saturated carbocycles. The SMILES string of the molecule is Cc1sc(N)c(-c2nc3cccnc3s2)c1C. The zero-order valence-corrected chi connectivity index (χ0v) is 11.2. The van der Waals surface area contributed by atoms with Crippen molar-refractivity contribution in [2.75, 3.05) is 5.73 Å². The molecule has 0 saturated heterocycles. The Kier molecular flexibility index (Phi) is 2.38. The number of hydrogen-bond donors (Lipinski definition) is 1. The van der Waals surface area contributed by atoms with Gasteiger partial charge in [0.05, 0.1) is 5.00 Å². The van der Waals surface area contributed by atoms with Crippen molar-refractivity contribution in [3.63, 3.8) is 0 Å². The maximum atomic E-state index is 6.06. The van der Waals surface area contributed by atoms with Crippen LogP contribution in [0.1, 0.15) is 10.4 Å². The number of thiazole rings is 1. The molecule has 0 aliphatic carbocycles. The van der Waals surface area contributed by atoms with Crippen LogP contribution in [0.4, 0.5) is 5.00 Å². The van der Waals surface area contributed by atoms with Gasteiger partial charge < -0.3 is 5.73 Å². The molecule has 86 valence electrons. The predicted molar refractivity (Wildman–Crippen MR) is 74.6 cm³/mol. The second-order valence-electron chi connectivity index (χ2n) is 3.87. The lowest BCUT2D eigenvalue weighted by molar-refractivity contribution is 1.39. The fourth-order valence-corrected chi connectivity index (χ4v) is 3.82. The lowest BCUT2D eigenvalue weighted by Crippen LogP contribution is -1.85. The van der Waals surface area contributed by atoms with Gasteiger partial charge in [-0.2, -0.15) is 0 Å². The molecule has 0 spiro atoms. The Morgan fingerprint density at radius 3 is 2.71 bits per heavy atom. The van der Waals surface area contributed by atoms with Crippen molar-refractivity contribution in [3.8, 4) is 10.6 Å². The topological polar surface area (TPSA) is 51.8 Å². The molecule has 17 heavy (non-hydrogen) atoms. The van der Waals surface area contributed by atoms with Gasteiger partial charge in [-0.05, 0) is 31.5 Å².